The van der Waals surface area contributed by atoms with E-state index in [0.717, 1.165) is 22.4 Å². The zero-order valence-electron chi connectivity index (χ0n) is 22.0. The molecule has 0 atom stereocenters. The van der Waals surface area contributed by atoms with Crippen molar-refractivity contribution in [2.75, 3.05) is 0 Å². The average Bonchev–Trinajstić information content (AvgIpc) is 3.62. The van der Waals surface area contributed by atoms with Crippen molar-refractivity contribution in [3.8, 4) is 22.5 Å². The second-order valence-corrected chi connectivity index (χ2v) is 9.52. The number of fused-ring (bicyclic) bond motifs is 4. The number of rotatable bonds is 2. The Morgan fingerprint density at radius 2 is 0.756 bits per heavy atom. The molecule has 8 aromatic rings. The molecular formula is C36H24Cl2N2Zr. The topological polar surface area (TPSA) is 25.8 Å². The SMILES string of the molecule is [Cl-].[Cl-].[Zr+4].c1ccc2[cH-]c(-c3ccc4ccccc4n3)cc2c1.c1ccc2[cH-]c(-c3ccc4ccccc4n3)cc2c1. The third kappa shape index (κ3) is 6.34. The Labute approximate surface area is 270 Å². The largest absolute Gasteiger partial charge is 4.00 e. The third-order valence-corrected chi connectivity index (χ3v) is 7.02. The normalized spacial score (nSPS) is 10.3. The Hall–Kier alpha value is -3.62. The van der Waals surface area contributed by atoms with Crippen molar-refractivity contribution in [3.05, 3.63) is 146 Å². The van der Waals surface area contributed by atoms with Crippen molar-refractivity contribution in [3.63, 3.8) is 0 Å². The summed E-state index contributed by atoms with van der Waals surface area (Å²) in [7, 11) is 0. The van der Waals surface area contributed by atoms with Gasteiger partial charge in [0.05, 0.1) is 11.0 Å². The van der Waals surface area contributed by atoms with E-state index in [-0.39, 0.29) is 51.0 Å². The van der Waals surface area contributed by atoms with E-state index in [1.165, 1.54) is 43.4 Å². The Kier molecular flexibility index (Phi) is 9.89. The van der Waals surface area contributed by atoms with Gasteiger partial charge in [0, 0.05) is 11.4 Å². The summed E-state index contributed by atoms with van der Waals surface area (Å²) >= 11 is 0. The number of para-hydroxylation sites is 2. The number of halogens is 2. The van der Waals surface area contributed by atoms with Crippen LogP contribution in [0.5, 0.6) is 0 Å². The quantitative estimate of drug-likeness (QED) is 0.269. The molecule has 0 unspecified atom stereocenters. The molecule has 0 amide bonds. The van der Waals surface area contributed by atoms with Gasteiger partial charge in [-0.2, -0.15) is 0 Å². The molecule has 0 radical (unpaired) electrons. The molecule has 2 heterocycles. The van der Waals surface area contributed by atoms with Gasteiger partial charge in [0.25, 0.3) is 0 Å². The fraction of sp³-hybridized carbons (Fsp3) is 0. The van der Waals surface area contributed by atoms with Gasteiger partial charge in [-0.05, 0) is 22.9 Å². The maximum absolute atomic E-state index is 4.74. The number of aromatic nitrogens is 2. The smallest absolute Gasteiger partial charge is 1.00 e. The summed E-state index contributed by atoms with van der Waals surface area (Å²) in [6.07, 6.45) is 0. The standard InChI is InChI=1S/2C18H12N.2ClH.Zr/c2*1-2-7-15-12-16(11-14(15)6-1)18-10-9-13-5-3-4-8-17(13)19-18;;;/h2*1-12H;2*1H;/q2*-1;;;+4/p-2. The molecule has 0 saturated heterocycles. The molecule has 0 N–H and O–H groups in total. The molecule has 41 heavy (non-hydrogen) atoms. The fourth-order valence-electron chi connectivity index (χ4n) is 5.05. The molecule has 6 aromatic carbocycles. The molecule has 0 bridgehead atoms. The van der Waals surface area contributed by atoms with E-state index in [1.54, 1.807) is 0 Å². The minimum Gasteiger partial charge on any atom is -1.00 e. The third-order valence-electron chi connectivity index (χ3n) is 7.02. The van der Waals surface area contributed by atoms with E-state index in [0.29, 0.717) is 0 Å². The number of nitrogens with zero attached hydrogens (tertiary/aromatic N) is 2. The summed E-state index contributed by atoms with van der Waals surface area (Å²) in [5.74, 6) is 0. The predicted molar refractivity (Wildman–Crippen MR) is 161 cm³/mol. The number of pyridine rings is 2. The van der Waals surface area contributed by atoms with Crippen molar-refractivity contribution in [2.24, 2.45) is 0 Å². The zero-order chi connectivity index (χ0) is 25.3. The van der Waals surface area contributed by atoms with Crippen molar-refractivity contribution >= 4 is 43.4 Å². The van der Waals surface area contributed by atoms with Crippen LogP contribution in [0.25, 0.3) is 65.9 Å². The van der Waals surface area contributed by atoms with Gasteiger partial charge in [0.2, 0.25) is 0 Å². The number of hydrogen-bond acceptors (Lipinski definition) is 2. The molecular weight excluding hydrogens is 623 g/mol. The Morgan fingerprint density at radius 3 is 1.17 bits per heavy atom. The maximum Gasteiger partial charge on any atom is 4.00 e. The van der Waals surface area contributed by atoms with Gasteiger partial charge in [-0.25, -0.2) is 0 Å². The molecule has 5 heteroatoms. The molecule has 8 rings (SSSR count). The molecule has 0 saturated carbocycles. The Morgan fingerprint density at radius 1 is 0.390 bits per heavy atom. The van der Waals surface area contributed by atoms with E-state index in [9.17, 15) is 0 Å². The molecule has 2 aromatic heterocycles. The minimum absolute atomic E-state index is 0. The second kappa shape index (κ2) is 13.4. The van der Waals surface area contributed by atoms with Crippen LogP contribution in [0.3, 0.4) is 0 Å². The molecule has 0 aliphatic carbocycles. The first-order chi connectivity index (χ1) is 18.8. The second-order valence-electron chi connectivity index (χ2n) is 9.52. The van der Waals surface area contributed by atoms with Crippen LogP contribution in [0.15, 0.2) is 146 Å². The molecule has 196 valence electrons. The van der Waals surface area contributed by atoms with Crippen LogP contribution in [0.2, 0.25) is 0 Å². The summed E-state index contributed by atoms with van der Waals surface area (Å²) in [5, 5.41) is 7.45. The first-order valence-corrected chi connectivity index (χ1v) is 12.8. The fourth-order valence-corrected chi connectivity index (χ4v) is 5.05. The molecule has 0 spiro atoms. The van der Waals surface area contributed by atoms with Crippen LogP contribution in [0.4, 0.5) is 0 Å². The van der Waals surface area contributed by atoms with E-state index < -0.39 is 0 Å². The maximum atomic E-state index is 4.74. The first-order valence-electron chi connectivity index (χ1n) is 12.8. The molecule has 0 aliphatic heterocycles. The number of hydrogen-bond donors (Lipinski definition) is 0. The van der Waals surface area contributed by atoms with Gasteiger partial charge in [-0.1, -0.05) is 97.1 Å². The van der Waals surface area contributed by atoms with Gasteiger partial charge < -0.3 is 24.8 Å². The van der Waals surface area contributed by atoms with E-state index in [4.69, 9.17) is 9.97 Å². The summed E-state index contributed by atoms with van der Waals surface area (Å²) in [6, 6.07) is 50.5. The molecule has 0 fully saturated rings. The zero-order valence-corrected chi connectivity index (χ0v) is 26.0. The van der Waals surface area contributed by atoms with Crippen LogP contribution >= 0.6 is 0 Å². The number of benzene rings is 4. The van der Waals surface area contributed by atoms with Crippen molar-refractivity contribution in [1.29, 1.82) is 0 Å². The van der Waals surface area contributed by atoms with Crippen LogP contribution in [0, 0.1) is 0 Å². The molecule has 2 nitrogen and oxygen atoms in total. The van der Waals surface area contributed by atoms with Gasteiger partial charge in [-0.3, -0.25) is 9.97 Å². The van der Waals surface area contributed by atoms with Crippen LogP contribution in [-0.2, 0) is 26.2 Å². The van der Waals surface area contributed by atoms with Crippen molar-refractivity contribution in [1.82, 2.24) is 9.97 Å². The summed E-state index contributed by atoms with van der Waals surface area (Å²) in [6.45, 7) is 0. The van der Waals surface area contributed by atoms with Gasteiger partial charge in [-0.15, -0.1) is 69.1 Å². The van der Waals surface area contributed by atoms with Gasteiger partial charge in [0.15, 0.2) is 0 Å². The van der Waals surface area contributed by atoms with E-state index >= 15 is 0 Å². The van der Waals surface area contributed by atoms with Crippen molar-refractivity contribution in [2.45, 2.75) is 0 Å². The average molecular weight is 647 g/mol. The van der Waals surface area contributed by atoms with Gasteiger partial charge >= 0.3 is 26.2 Å². The molecule has 0 aliphatic rings. The van der Waals surface area contributed by atoms with E-state index in [2.05, 4.69) is 121 Å². The minimum atomic E-state index is 0. The Bertz CT molecular complexity index is 1840. The summed E-state index contributed by atoms with van der Waals surface area (Å²) in [4.78, 5) is 9.48. The predicted octanol–water partition coefficient (Wildman–Crippen LogP) is 3.55. The van der Waals surface area contributed by atoms with E-state index in [1.807, 2.05) is 24.3 Å². The summed E-state index contributed by atoms with van der Waals surface area (Å²) < 4.78 is 0. The first kappa shape index (κ1) is 30.3. The Balaban J connectivity index is 0.000000176. The van der Waals surface area contributed by atoms with Crippen molar-refractivity contribution < 1.29 is 51.0 Å². The summed E-state index contributed by atoms with van der Waals surface area (Å²) in [5.41, 5.74) is 6.54. The van der Waals surface area contributed by atoms with Crippen LogP contribution < -0.4 is 24.8 Å². The van der Waals surface area contributed by atoms with Crippen LogP contribution in [-0.4, -0.2) is 9.97 Å². The van der Waals surface area contributed by atoms with Crippen LogP contribution in [0.1, 0.15) is 0 Å². The monoisotopic (exact) mass is 644 g/mol. The van der Waals surface area contributed by atoms with Gasteiger partial charge in [0.1, 0.15) is 0 Å².